The molecule has 7 heteroatoms. The van der Waals surface area contributed by atoms with Gasteiger partial charge < -0.3 is 5.11 Å². The van der Waals surface area contributed by atoms with Crippen LogP contribution in [-0.2, 0) is 0 Å². The summed E-state index contributed by atoms with van der Waals surface area (Å²) in [6.45, 7) is 0. The van der Waals surface area contributed by atoms with Gasteiger partial charge in [0.2, 0.25) is 0 Å². The topological polar surface area (TPSA) is 90.4 Å². The Bertz CT molecular complexity index is 905. The molecule has 3 aromatic rings. The summed E-state index contributed by atoms with van der Waals surface area (Å²) in [5.74, 6) is -0.370. The third-order valence-electron chi connectivity index (χ3n) is 3.28. The van der Waals surface area contributed by atoms with E-state index in [1.807, 2.05) is 18.2 Å². The van der Waals surface area contributed by atoms with Crippen LogP contribution in [-0.4, -0.2) is 27.4 Å². The van der Waals surface area contributed by atoms with Crippen LogP contribution in [0.15, 0.2) is 59.7 Å². The van der Waals surface area contributed by atoms with Crippen molar-refractivity contribution in [1.82, 2.24) is 15.6 Å². The fourth-order valence-corrected chi connectivity index (χ4v) is 2.29. The van der Waals surface area contributed by atoms with Crippen molar-refractivity contribution >= 4 is 23.7 Å². The van der Waals surface area contributed by atoms with Crippen LogP contribution in [0.1, 0.15) is 16.1 Å². The number of nitrogens with zero attached hydrogens (tertiary/aromatic N) is 2. The van der Waals surface area contributed by atoms with E-state index < -0.39 is 5.91 Å². The molecule has 2 aromatic carbocycles. The third kappa shape index (κ3) is 3.44. The molecular weight excluding hydrogens is 328 g/mol. The lowest BCUT2D eigenvalue weighted by atomic mass is 10.1. The molecule has 24 heavy (non-hydrogen) atoms. The highest BCUT2D eigenvalue weighted by molar-refractivity contribution is 6.33. The molecule has 1 amide bonds. The zero-order valence-corrected chi connectivity index (χ0v) is 13.2. The Hall–Kier alpha value is -3.12. The molecular formula is C17H13ClN4O2. The van der Waals surface area contributed by atoms with Crippen LogP contribution in [0.4, 0.5) is 0 Å². The number of hydrogen-bond acceptors (Lipinski definition) is 4. The van der Waals surface area contributed by atoms with Crippen LogP contribution in [0.25, 0.3) is 11.3 Å². The number of halogens is 1. The molecule has 1 aromatic heterocycles. The second-order valence-electron chi connectivity index (χ2n) is 4.90. The highest BCUT2D eigenvalue weighted by atomic mass is 35.5. The molecule has 0 aliphatic rings. The van der Waals surface area contributed by atoms with Crippen molar-refractivity contribution < 1.29 is 9.90 Å². The highest BCUT2D eigenvalue weighted by Gasteiger charge is 2.12. The van der Waals surface area contributed by atoms with E-state index in [1.165, 1.54) is 12.3 Å². The minimum absolute atomic E-state index is 0.0815. The van der Waals surface area contributed by atoms with E-state index in [1.54, 1.807) is 30.3 Å². The first-order chi connectivity index (χ1) is 11.6. The van der Waals surface area contributed by atoms with Crippen LogP contribution < -0.4 is 5.43 Å². The second kappa shape index (κ2) is 6.97. The molecule has 3 rings (SSSR count). The van der Waals surface area contributed by atoms with Crippen molar-refractivity contribution in [2.45, 2.75) is 0 Å². The molecule has 0 saturated carbocycles. The largest absolute Gasteiger partial charge is 0.507 e. The van der Waals surface area contributed by atoms with E-state index in [-0.39, 0.29) is 11.4 Å². The van der Waals surface area contributed by atoms with E-state index >= 15 is 0 Å². The van der Waals surface area contributed by atoms with Gasteiger partial charge in [0.05, 0.1) is 16.9 Å². The Morgan fingerprint density at radius 3 is 2.75 bits per heavy atom. The number of carbonyl (C=O) groups excluding carboxylic acids is 1. The molecule has 0 saturated heterocycles. The average Bonchev–Trinajstić information content (AvgIpc) is 3.07. The van der Waals surface area contributed by atoms with Crippen LogP contribution >= 0.6 is 11.6 Å². The number of aromatic amines is 1. The Morgan fingerprint density at radius 2 is 1.96 bits per heavy atom. The zero-order chi connectivity index (χ0) is 16.9. The third-order valence-corrected chi connectivity index (χ3v) is 3.61. The summed E-state index contributed by atoms with van der Waals surface area (Å²) < 4.78 is 0. The minimum Gasteiger partial charge on any atom is -0.507 e. The number of nitrogens with one attached hydrogen (secondary N) is 2. The van der Waals surface area contributed by atoms with Gasteiger partial charge in [0.25, 0.3) is 5.91 Å². The molecule has 6 nitrogen and oxygen atoms in total. The maximum absolute atomic E-state index is 12.1. The standard InChI is InChI=1S/C17H13ClN4O2/c18-13-7-3-2-6-12(13)14-9-15(21-20-14)17(24)22-19-10-11-5-1-4-8-16(11)23/h1-10,23H,(H,20,21)(H,22,24)/b19-10-. The molecule has 0 bridgehead atoms. The number of aromatic hydroxyl groups is 1. The lowest BCUT2D eigenvalue weighted by molar-refractivity contribution is 0.0950. The Kier molecular flexibility index (Phi) is 4.58. The summed E-state index contributed by atoms with van der Waals surface area (Å²) in [7, 11) is 0. The number of phenols is 1. The number of benzene rings is 2. The van der Waals surface area contributed by atoms with E-state index in [4.69, 9.17) is 11.6 Å². The molecule has 0 fully saturated rings. The first-order valence-electron chi connectivity index (χ1n) is 7.07. The summed E-state index contributed by atoms with van der Waals surface area (Å²) in [4.78, 5) is 12.1. The SMILES string of the molecule is O=C(N/N=C\c1ccccc1O)c1cc(-c2ccccc2Cl)n[nH]1. The average molecular weight is 341 g/mol. The number of amides is 1. The smallest absolute Gasteiger partial charge is 0.289 e. The zero-order valence-electron chi connectivity index (χ0n) is 12.4. The monoisotopic (exact) mass is 340 g/mol. The molecule has 0 radical (unpaired) electrons. The minimum atomic E-state index is -0.451. The molecule has 3 N–H and O–H groups in total. The summed E-state index contributed by atoms with van der Waals surface area (Å²) in [6.07, 6.45) is 1.36. The normalized spacial score (nSPS) is 10.9. The molecule has 0 atom stereocenters. The van der Waals surface area contributed by atoms with Crippen LogP contribution in [0.5, 0.6) is 5.75 Å². The Balaban J connectivity index is 1.71. The van der Waals surface area contributed by atoms with Crippen LogP contribution in [0, 0.1) is 0 Å². The summed E-state index contributed by atoms with van der Waals surface area (Å²) in [5, 5.41) is 20.7. The van der Waals surface area contributed by atoms with Gasteiger partial charge in [-0.1, -0.05) is 41.9 Å². The number of para-hydroxylation sites is 1. The van der Waals surface area contributed by atoms with Gasteiger partial charge in [-0.05, 0) is 24.3 Å². The Morgan fingerprint density at radius 1 is 1.21 bits per heavy atom. The van der Waals surface area contributed by atoms with Crippen molar-refractivity contribution in [2.24, 2.45) is 5.10 Å². The predicted octanol–water partition coefficient (Wildman–Crippen LogP) is 3.20. The predicted molar refractivity (Wildman–Crippen MR) is 92.2 cm³/mol. The number of rotatable bonds is 4. The van der Waals surface area contributed by atoms with E-state index in [2.05, 4.69) is 20.7 Å². The first-order valence-corrected chi connectivity index (χ1v) is 7.44. The van der Waals surface area contributed by atoms with Crippen molar-refractivity contribution in [3.8, 4) is 17.0 Å². The number of hydrazone groups is 1. The lowest BCUT2D eigenvalue weighted by Crippen LogP contribution is -2.18. The number of carbonyl (C=O) groups is 1. The van der Waals surface area contributed by atoms with E-state index in [0.717, 1.165) is 5.56 Å². The van der Waals surface area contributed by atoms with E-state index in [0.29, 0.717) is 16.3 Å². The van der Waals surface area contributed by atoms with Gasteiger partial charge in [0.1, 0.15) is 11.4 Å². The molecule has 0 unspecified atom stereocenters. The van der Waals surface area contributed by atoms with Gasteiger partial charge in [-0.3, -0.25) is 9.89 Å². The Labute approximate surface area is 142 Å². The molecule has 120 valence electrons. The van der Waals surface area contributed by atoms with Crippen molar-refractivity contribution in [1.29, 1.82) is 0 Å². The fourth-order valence-electron chi connectivity index (χ4n) is 2.06. The van der Waals surface area contributed by atoms with E-state index in [9.17, 15) is 9.90 Å². The molecule has 0 spiro atoms. The lowest BCUT2D eigenvalue weighted by Gasteiger charge is -1.98. The maximum Gasteiger partial charge on any atom is 0.289 e. The number of aromatic nitrogens is 2. The first kappa shape index (κ1) is 15.8. The summed E-state index contributed by atoms with van der Waals surface area (Å²) >= 11 is 6.11. The number of hydrogen-bond donors (Lipinski definition) is 3. The maximum atomic E-state index is 12.1. The molecule has 0 aliphatic carbocycles. The van der Waals surface area contributed by atoms with Gasteiger partial charge in [-0.2, -0.15) is 10.2 Å². The van der Waals surface area contributed by atoms with Crippen LogP contribution in [0.2, 0.25) is 5.02 Å². The van der Waals surface area contributed by atoms with Gasteiger partial charge in [0, 0.05) is 11.1 Å². The second-order valence-corrected chi connectivity index (χ2v) is 5.31. The fraction of sp³-hybridized carbons (Fsp3) is 0. The van der Waals surface area contributed by atoms with Crippen molar-refractivity contribution in [3.63, 3.8) is 0 Å². The van der Waals surface area contributed by atoms with Gasteiger partial charge in [0.15, 0.2) is 0 Å². The highest BCUT2D eigenvalue weighted by Crippen LogP contribution is 2.26. The van der Waals surface area contributed by atoms with Crippen molar-refractivity contribution in [2.75, 3.05) is 0 Å². The number of H-pyrrole nitrogens is 1. The van der Waals surface area contributed by atoms with Crippen molar-refractivity contribution in [3.05, 3.63) is 70.9 Å². The van der Waals surface area contributed by atoms with Gasteiger partial charge in [-0.15, -0.1) is 0 Å². The number of phenolic OH excluding ortho intramolecular Hbond substituents is 1. The molecule has 0 aliphatic heterocycles. The summed E-state index contributed by atoms with van der Waals surface area (Å²) in [6, 6.07) is 15.5. The quantitative estimate of drug-likeness (QED) is 0.503. The van der Waals surface area contributed by atoms with Gasteiger partial charge >= 0.3 is 0 Å². The van der Waals surface area contributed by atoms with Crippen LogP contribution in [0.3, 0.4) is 0 Å². The summed E-state index contributed by atoms with van der Waals surface area (Å²) in [5.41, 5.74) is 4.41. The van der Waals surface area contributed by atoms with Gasteiger partial charge in [-0.25, -0.2) is 5.43 Å². The molecule has 1 heterocycles.